The topological polar surface area (TPSA) is 57.1 Å². The standard InChI is InChI=1S/C15H17Cl2NO4/c1-5-9(2)15(18-21-4)10-6-7-11(14(17)13(10)16)22-8-12(19)20-3/h6-7H,2,5,8H2,1,3-4H3/b18-15+. The van der Waals surface area contributed by atoms with Gasteiger partial charge in [-0.05, 0) is 24.1 Å². The normalized spacial score (nSPS) is 11.0. The first kappa shape index (κ1) is 18.3. The van der Waals surface area contributed by atoms with Crippen molar-refractivity contribution >= 4 is 34.9 Å². The minimum absolute atomic E-state index is 0.177. The Bertz CT molecular complexity index is 599. The number of oxime groups is 1. The van der Waals surface area contributed by atoms with Crippen LogP contribution in [0.1, 0.15) is 18.9 Å². The maximum absolute atomic E-state index is 11.1. The molecule has 0 aliphatic heterocycles. The van der Waals surface area contributed by atoms with Crippen LogP contribution in [0.15, 0.2) is 29.4 Å². The van der Waals surface area contributed by atoms with Gasteiger partial charge in [-0.2, -0.15) is 0 Å². The largest absolute Gasteiger partial charge is 0.480 e. The first-order valence-corrected chi connectivity index (χ1v) is 7.19. The molecule has 0 aromatic heterocycles. The van der Waals surface area contributed by atoms with Crippen molar-refractivity contribution in [1.29, 1.82) is 0 Å². The molecule has 0 bridgehead atoms. The molecule has 1 aromatic carbocycles. The van der Waals surface area contributed by atoms with Crippen molar-refractivity contribution in [3.05, 3.63) is 39.9 Å². The van der Waals surface area contributed by atoms with Gasteiger partial charge in [0.2, 0.25) is 0 Å². The third-order valence-corrected chi connectivity index (χ3v) is 3.68. The third kappa shape index (κ3) is 4.39. The Kier molecular flexibility index (Phi) is 7.21. The molecule has 120 valence electrons. The van der Waals surface area contributed by atoms with Crippen LogP contribution in [-0.2, 0) is 14.4 Å². The number of benzene rings is 1. The maximum atomic E-state index is 11.1. The van der Waals surface area contributed by atoms with Gasteiger partial charge in [0.15, 0.2) is 6.61 Å². The molecule has 0 fully saturated rings. The van der Waals surface area contributed by atoms with E-state index in [4.69, 9.17) is 32.8 Å². The summed E-state index contributed by atoms with van der Waals surface area (Å²) in [6, 6.07) is 3.28. The Labute approximate surface area is 139 Å². The summed E-state index contributed by atoms with van der Waals surface area (Å²) in [6.07, 6.45) is 0.677. The van der Waals surface area contributed by atoms with Crippen molar-refractivity contribution in [2.24, 2.45) is 5.16 Å². The fourth-order valence-electron chi connectivity index (χ4n) is 1.58. The quantitative estimate of drug-likeness (QED) is 0.427. The van der Waals surface area contributed by atoms with Crippen LogP contribution in [0.3, 0.4) is 0 Å². The Morgan fingerprint density at radius 3 is 2.50 bits per heavy atom. The highest BCUT2D eigenvalue weighted by molar-refractivity contribution is 6.45. The zero-order chi connectivity index (χ0) is 16.7. The number of hydrogen-bond donors (Lipinski definition) is 0. The van der Waals surface area contributed by atoms with E-state index in [1.165, 1.54) is 14.2 Å². The van der Waals surface area contributed by atoms with Crippen LogP contribution in [0.5, 0.6) is 5.75 Å². The molecule has 0 aliphatic carbocycles. The van der Waals surface area contributed by atoms with Crippen LogP contribution in [0.4, 0.5) is 0 Å². The summed E-state index contributed by atoms with van der Waals surface area (Å²) in [7, 11) is 2.71. The van der Waals surface area contributed by atoms with Crippen molar-refractivity contribution in [3.63, 3.8) is 0 Å². The van der Waals surface area contributed by atoms with Gasteiger partial charge in [-0.3, -0.25) is 0 Å². The molecule has 0 aliphatic rings. The summed E-state index contributed by atoms with van der Waals surface area (Å²) >= 11 is 12.5. The summed E-state index contributed by atoms with van der Waals surface area (Å²) < 4.78 is 9.76. The van der Waals surface area contributed by atoms with Crippen LogP contribution in [0.2, 0.25) is 10.0 Å². The molecule has 1 rings (SSSR count). The van der Waals surface area contributed by atoms with Crippen LogP contribution < -0.4 is 4.74 Å². The van der Waals surface area contributed by atoms with Crippen LogP contribution in [-0.4, -0.2) is 32.5 Å². The first-order chi connectivity index (χ1) is 10.5. The lowest BCUT2D eigenvalue weighted by molar-refractivity contribution is -0.142. The number of allylic oxidation sites excluding steroid dienone is 1. The van der Waals surface area contributed by atoms with E-state index >= 15 is 0 Å². The summed E-state index contributed by atoms with van der Waals surface area (Å²) in [5.41, 5.74) is 1.84. The molecule has 0 amide bonds. The average Bonchev–Trinajstić information content (AvgIpc) is 2.53. The highest BCUT2D eigenvalue weighted by Crippen LogP contribution is 2.36. The first-order valence-electron chi connectivity index (χ1n) is 6.43. The van der Waals surface area contributed by atoms with Gasteiger partial charge in [0.05, 0.1) is 12.1 Å². The van der Waals surface area contributed by atoms with E-state index < -0.39 is 5.97 Å². The van der Waals surface area contributed by atoms with Gasteiger partial charge >= 0.3 is 5.97 Å². The van der Waals surface area contributed by atoms with E-state index in [0.29, 0.717) is 17.7 Å². The monoisotopic (exact) mass is 345 g/mol. The number of ether oxygens (including phenoxy) is 2. The third-order valence-electron chi connectivity index (χ3n) is 2.82. The van der Waals surface area contributed by atoms with Gasteiger partial charge in [0.25, 0.3) is 0 Å². The molecule has 22 heavy (non-hydrogen) atoms. The fourth-order valence-corrected chi connectivity index (χ4v) is 2.05. The van der Waals surface area contributed by atoms with E-state index in [1.54, 1.807) is 12.1 Å². The molecule has 0 radical (unpaired) electrons. The Hall–Kier alpha value is -1.72. The minimum Gasteiger partial charge on any atom is -0.480 e. The second-order valence-corrected chi connectivity index (χ2v) is 4.94. The molecule has 0 saturated carbocycles. The Balaban J connectivity index is 3.15. The number of nitrogens with zero attached hydrogens (tertiary/aromatic N) is 1. The van der Waals surface area contributed by atoms with Gasteiger partial charge in [0.1, 0.15) is 23.6 Å². The smallest absolute Gasteiger partial charge is 0.343 e. The second kappa shape index (κ2) is 8.66. The van der Waals surface area contributed by atoms with Crippen molar-refractivity contribution in [2.75, 3.05) is 20.8 Å². The summed E-state index contributed by atoms with van der Waals surface area (Å²) in [5.74, 6) is -0.239. The van der Waals surface area contributed by atoms with Crippen molar-refractivity contribution in [3.8, 4) is 5.75 Å². The predicted octanol–water partition coefficient (Wildman–Crippen LogP) is 3.86. The van der Waals surface area contributed by atoms with E-state index in [1.807, 2.05) is 6.92 Å². The summed E-state index contributed by atoms with van der Waals surface area (Å²) in [6.45, 7) is 5.61. The Morgan fingerprint density at radius 2 is 1.95 bits per heavy atom. The molecule has 0 N–H and O–H groups in total. The van der Waals surface area contributed by atoms with Gasteiger partial charge < -0.3 is 14.3 Å². The predicted molar refractivity (Wildman–Crippen MR) is 87.0 cm³/mol. The van der Waals surface area contributed by atoms with Crippen molar-refractivity contribution in [1.82, 2.24) is 0 Å². The van der Waals surface area contributed by atoms with E-state index in [0.717, 1.165) is 5.57 Å². The van der Waals surface area contributed by atoms with Crippen LogP contribution >= 0.6 is 23.2 Å². The fraction of sp³-hybridized carbons (Fsp3) is 0.333. The summed E-state index contributed by atoms with van der Waals surface area (Å²) in [5, 5.41) is 4.36. The number of carbonyl (C=O) groups excluding carboxylic acids is 1. The van der Waals surface area contributed by atoms with Gasteiger partial charge in [-0.25, -0.2) is 4.79 Å². The minimum atomic E-state index is -0.516. The van der Waals surface area contributed by atoms with E-state index in [2.05, 4.69) is 16.5 Å². The molecular weight excluding hydrogens is 329 g/mol. The zero-order valence-corrected chi connectivity index (χ0v) is 14.1. The molecule has 0 heterocycles. The maximum Gasteiger partial charge on any atom is 0.343 e. The number of esters is 1. The van der Waals surface area contributed by atoms with E-state index in [-0.39, 0.29) is 22.4 Å². The molecule has 5 nitrogen and oxygen atoms in total. The number of carbonyl (C=O) groups is 1. The number of rotatable bonds is 7. The average molecular weight is 346 g/mol. The SMILES string of the molecule is C=C(CC)/C(=N\OC)c1ccc(OCC(=O)OC)c(Cl)c1Cl. The van der Waals surface area contributed by atoms with Gasteiger partial charge in [-0.15, -0.1) is 0 Å². The second-order valence-electron chi connectivity index (χ2n) is 4.18. The Morgan fingerprint density at radius 1 is 1.27 bits per heavy atom. The summed E-state index contributed by atoms with van der Waals surface area (Å²) in [4.78, 5) is 15.9. The number of halogens is 2. The van der Waals surface area contributed by atoms with Crippen LogP contribution in [0, 0.1) is 0 Å². The van der Waals surface area contributed by atoms with Crippen molar-refractivity contribution < 1.29 is 19.1 Å². The van der Waals surface area contributed by atoms with Crippen molar-refractivity contribution in [2.45, 2.75) is 13.3 Å². The lowest BCUT2D eigenvalue weighted by Crippen LogP contribution is -2.13. The van der Waals surface area contributed by atoms with Gasteiger partial charge in [-0.1, -0.05) is 41.9 Å². The molecule has 0 spiro atoms. The zero-order valence-electron chi connectivity index (χ0n) is 12.6. The highest BCUT2D eigenvalue weighted by atomic mass is 35.5. The molecule has 0 saturated heterocycles. The van der Waals surface area contributed by atoms with Crippen LogP contribution in [0.25, 0.3) is 0 Å². The van der Waals surface area contributed by atoms with Gasteiger partial charge in [0, 0.05) is 5.56 Å². The molecule has 1 aromatic rings. The molecular formula is C15H17Cl2NO4. The molecule has 7 heteroatoms. The lowest BCUT2D eigenvalue weighted by atomic mass is 10.0. The molecule has 0 unspecified atom stereocenters. The van der Waals surface area contributed by atoms with E-state index in [9.17, 15) is 4.79 Å². The number of hydrogen-bond acceptors (Lipinski definition) is 5. The lowest BCUT2D eigenvalue weighted by Gasteiger charge is -2.13. The molecule has 0 atom stereocenters. The number of methoxy groups -OCH3 is 1. The highest BCUT2D eigenvalue weighted by Gasteiger charge is 2.18.